The zero-order chi connectivity index (χ0) is 34.3. The molecule has 47 heavy (non-hydrogen) atoms. The third-order valence-corrected chi connectivity index (χ3v) is 9.17. The van der Waals surface area contributed by atoms with Crippen molar-refractivity contribution in [3.8, 4) is 5.75 Å². The molecule has 1 unspecified atom stereocenters. The van der Waals surface area contributed by atoms with Crippen molar-refractivity contribution in [2.24, 2.45) is 5.41 Å². The number of halogens is 1. The first-order valence-corrected chi connectivity index (χ1v) is 16.6. The molecule has 14 nitrogen and oxygen atoms in total. The molecule has 4 N–H and O–H groups in total. The van der Waals surface area contributed by atoms with Crippen LogP contribution in [0.2, 0.25) is 0 Å². The maximum Gasteiger partial charge on any atom is 0.459 e. The van der Waals surface area contributed by atoms with Gasteiger partial charge in [0.05, 0.1) is 19.5 Å². The smallest absolute Gasteiger partial charge is 0.459 e. The summed E-state index contributed by atoms with van der Waals surface area (Å²) >= 11 is 0. The minimum absolute atomic E-state index is 0.0605. The Balaban J connectivity index is 1.41. The van der Waals surface area contributed by atoms with Crippen molar-refractivity contribution >= 4 is 47.4 Å². The molecule has 5 rings (SSSR count). The quantitative estimate of drug-likeness (QED) is 0.151. The fraction of sp³-hybridized carbons (Fsp3) is 0.484. The molecule has 0 saturated carbocycles. The topological polar surface area (TPSA) is 176 Å². The Kier molecular flexibility index (Phi) is 9.50. The lowest BCUT2D eigenvalue weighted by atomic mass is 9.98. The summed E-state index contributed by atoms with van der Waals surface area (Å²) < 4.78 is 55.1. The second-order valence-corrected chi connectivity index (χ2v) is 14.8. The SMILES string of the molecule is C[C@@H](NP(=O)(OC[C@H]1O[C@@H](n2cnc3c(N(C)C)nc(N)nc32)[C@](C)(F)[C@@H]1O)Oc1cccc2ccccc12)C(=O)OCC(C)(C)C. The standard InChI is InChI=1S/C31H41FN7O7P/c1-18(27(41)43-16-30(2,3)4)37-47(42,46-21-14-10-12-19-11-8-9-13-20(19)21)44-15-22-24(40)31(5,32)28(45-22)39-17-34-23-25(38(6)7)35-29(33)36-26(23)39/h8-14,17-18,22,24,28,40H,15-16H2,1-7H3,(H,37,42)(H2,33,35,36)/t18-,22-,24-,28-,31-,47?/m1/s1. The number of hydrogen-bond donors (Lipinski definition) is 3. The zero-order valence-electron chi connectivity index (χ0n) is 27.4. The van der Waals surface area contributed by atoms with Crippen LogP contribution in [-0.4, -0.2) is 81.8 Å². The number of imidazole rings is 1. The first kappa shape index (κ1) is 34.5. The Hall–Kier alpha value is -3.88. The van der Waals surface area contributed by atoms with Gasteiger partial charge in [0, 0.05) is 19.5 Å². The van der Waals surface area contributed by atoms with Crippen LogP contribution in [0.3, 0.4) is 0 Å². The van der Waals surface area contributed by atoms with Crippen LogP contribution in [0.4, 0.5) is 16.2 Å². The molecule has 0 spiro atoms. The molecule has 254 valence electrons. The number of aromatic nitrogens is 4. The van der Waals surface area contributed by atoms with E-state index >= 15 is 4.39 Å². The Labute approximate surface area is 272 Å². The summed E-state index contributed by atoms with van der Waals surface area (Å²) in [5.41, 5.74) is 3.79. The second kappa shape index (κ2) is 13.0. The van der Waals surface area contributed by atoms with Gasteiger partial charge in [-0.05, 0) is 30.7 Å². The molecule has 2 aromatic heterocycles. The number of hydrogen-bond acceptors (Lipinski definition) is 12. The van der Waals surface area contributed by atoms with E-state index in [9.17, 15) is 14.5 Å². The summed E-state index contributed by atoms with van der Waals surface area (Å²) in [4.78, 5) is 27.3. The number of alkyl halides is 1. The Morgan fingerprint density at radius 1 is 1.23 bits per heavy atom. The summed E-state index contributed by atoms with van der Waals surface area (Å²) in [7, 11) is -0.909. The van der Waals surface area contributed by atoms with E-state index in [1.54, 1.807) is 43.3 Å². The molecule has 3 heterocycles. The van der Waals surface area contributed by atoms with Crippen LogP contribution in [-0.2, 0) is 23.4 Å². The largest absolute Gasteiger partial charge is 0.464 e. The van der Waals surface area contributed by atoms with Gasteiger partial charge in [0.1, 0.15) is 24.0 Å². The maximum atomic E-state index is 16.3. The van der Waals surface area contributed by atoms with Crippen molar-refractivity contribution in [2.75, 3.05) is 37.9 Å². The maximum absolute atomic E-state index is 16.3. The van der Waals surface area contributed by atoms with Gasteiger partial charge in [-0.1, -0.05) is 57.2 Å². The van der Waals surface area contributed by atoms with E-state index in [1.165, 1.54) is 24.7 Å². The summed E-state index contributed by atoms with van der Waals surface area (Å²) in [6.45, 7) is 7.90. The number of nitrogens with one attached hydrogen (secondary N) is 1. The van der Waals surface area contributed by atoms with Crippen LogP contribution < -0.4 is 20.2 Å². The number of nitrogen functional groups attached to an aromatic ring is 1. The van der Waals surface area contributed by atoms with E-state index in [0.29, 0.717) is 16.7 Å². The summed E-state index contributed by atoms with van der Waals surface area (Å²) in [5.74, 6) is -0.106. The van der Waals surface area contributed by atoms with Gasteiger partial charge in [0.2, 0.25) is 5.95 Å². The van der Waals surface area contributed by atoms with E-state index in [4.69, 9.17) is 24.3 Å². The molecule has 1 saturated heterocycles. The van der Waals surface area contributed by atoms with Crippen molar-refractivity contribution in [3.63, 3.8) is 0 Å². The number of carbonyl (C=O) groups excluding carboxylic acids is 1. The Morgan fingerprint density at radius 2 is 1.94 bits per heavy atom. The molecule has 6 atom stereocenters. The molecule has 0 radical (unpaired) electrons. The van der Waals surface area contributed by atoms with Crippen molar-refractivity contribution in [3.05, 3.63) is 48.8 Å². The van der Waals surface area contributed by atoms with Gasteiger partial charge in [-0.3, -0.25) is 13.9 Å². The van der Waals surface area contributed by atoms with Crippen LogP contribution in [0.5, 0.6) is 5.75 Å². The molecule has 0 amide bonds. The summed E-state index contributed by atoms with van der Waals surface area (Å²) in [6, 6.07) is 11.4. The lowest BCUT2D eigenvalue weighted by Crippen LogP contribution is -2.41. The number of anilines is 2. The predicted molar refractivity (Wildman–Crippen MR) is 175 cm³/mol. The van der Waals surface area contributed by atoms with E-state index in [1.807, 2.05) is 39.0 Å². The third kappa shape index (κ3) is 7.34. The summed E-state index contributed by atoms with van der Waals surface area (Å²) in [6.07, 6.45) is -3.16. The zero-order valence-corrected chi connectivity index (χ0v) is 28.3. The van der Waals surface area contributed by atoms with Crippen molar-refractivity contribution in [1.29, 1.82) is 0 Å². The van der Waals surface area contributed by atoms with Gasteiger partial charge in [0.25, 0.3) is 0 Å². The van der Waals surface area contributed by atoms with E-state index in [0.717, 1.165) is 5.39 Å². The van der Waals surface area contributed by atoms with Crippen molar-refractivity contribution < 1.29 is 37.4 Å². The molecule has 1 aliphatic rings. The third-order valence-electron chi connectivity index (χ3n) is 7.54. The lowest BCUT2D eigenvalue weighted by molar-refractivity contribution is -0.148. The number of fused-ring (bicyclic) bond motifs is 2. The predicted octanol–water partition coefficient (Wildman–Crippen LogP) is 4.39. The first-order chi connectivity index (χ1) is 22.0. The number of esters is 1. The average Bonchev–Trinajstić information content (AvgIpc) is 3.51. The van der Waals surface area contributed by atoms with Crippen LogP contribution in [0.15, 0.2) is 48.8 Å². The van der Waals surface area contributed by atoms with Crippen molar-refractivity contribution in [1.82, 2.24) is 24.6 Å². The number of ether oxygens (including phenoxy) is 2. The van der Waals surface area contributed by atoms with E-state index in [2.05, 4.69) is 20.0 Å². The fourth-order valence-electron chi connectivity index (χ4n) is 5.12. The minimum atomic E-state index is -4.41. The highest BCUT2D eigenvalue weighted by Gasteiger charge is 2.56. The number of aliphatic hydroxyl groups excluding tert-OH is 1. The molecule has 16 heteroatoms. The van der Waals surface area contributed by atoms with Gasteiger partial charge in [-0.2, -0.15) is 15.1 Å². The fourth-order valence-corrected chi connectivity index (χ4v) is 6.64. The monoisotopic (exact) mass is 673 g/mol. The minimum Gasteiger partial charge on any atom is -0.464 e. The average molecular weight is 674 g/mol. The molecule has 0 aliphatic carbocycles. The Morgan fingerprint density at radius 3 is 2.64 bits per heavy atom. The highest BCUT2D eigenvalue weighted by Crippen LogP contribution is 2.49. The lowest BCUT2D eigenvalue weighted by Gasteiger charge is -2.26. The van der Waals surface area contributed by atoms with Gasteiger partial charge in [0.15, 0.2) is 28.9 Å². The van der Waals surface area contributed by atoms with Crippen molar-refractivity contribution in [2.45, 2.75) is 64.8 Å². The van der Waals surface area contributed by atoms with Crippen LogP contribution in [0, 0.1) is 5.41 Å². The van der Waals surface area contributed by atoms with Crippen LogP contribution in [0.25, 0.3) is 21.9 Å². The molecule has 1 aliphatic heterocycles. The van der Waals surface area contributed by atoms with Gasteiger partial charge < -0.3 is 29.7 Å². The highest BCUT2D eigenvalue weighted by atomic mass is 31.2. The molecule has 4 aromatic rings. The molecule has 0 bridgehead atoms. The molecule has 1 fully saturated rings. The highest BCUT2D eigenvalue weighted by molar-refractivity contribution is 7.52. The molecular weight excluding hydrogens is 632 g/mol. The number of nitrogens with zero attached hydrogens (tertiary/aromatic N) is 5. The van der Waals surface area contributed by atoms with E-state index in [-0.39, 0.29) is 29.4 Å². The number of carbonyl (C=O) groups is 1. The molecule has 2 aromatic carbocycles. The van der Waals surface area contributed by atoms with Gasteiger partial charge in [-0.15, -0.1) is 0 Å². The van der Waals surface area contributed by atoms with Crippen LogP contribution >= 0.6 is 7.75 Å². The first-order valence-electron chi connectivity index (χ1n) is 15.1. The number of aliphatic hydroxyl groups is 1. The van der Waals surface area contributed by atoms with Gasteiger partial charge >= 0.3 is 13.7 Å². The second-order valence-electron chi connectivity index (χ2n) is 13.1. The van der Waals surface area contributed by atoms with Crippen LogP contribution in [0.1, 0.15) is 40.8 Å². The number of nitrogens with two attached hydrogens (primary N) is 1. The Bertz CT molecular complexity index is 1810. The van der Waals surface area contributed by atoms with Gasteiger partial charge in [-0.25, -0.2) is 13.9 Å². The summed E-state index contributed by atoms with van der Waals surface area (Å²) in [5, 5.41) is 15.2. The number of benzene rings is 2. The normalized spacial score (nSPS) is 23.5. The van der Waals surface area contributed by atoms with E-state index < -0.39 is 50.5 Å². The molecular formula is C31H41FN7O7P. The number of rotatable bonds is 11.